The van der Waals surface area contributed by atoms with Gasteiger partial charge in [-0.25, -0.2) is 0 Å². The number of fused-ring (bicyclic) bond motifs is 1. The van der Waals surface area contributed by atoms with Gasteiger partial charge in [-0.1, -0.05) is 24.3 Å². The molecular weight excluding hydrogens is 254 g/mol. The summed E-state index contributed by atoms with van der Waals surface area (Å²) in [6, 6.07) is 8.39. The Balaban J connectivity index is 2.28. The van der Waals surface area contributed by atoms with Crippen LogP contribution in [0.4, 0.5) is 0 Å². The minimum Gasteiger partial charge on any atom is -0.481 e. The molecule has 0 amide bonds. The smallest absolute Gasteiger partial charge is 0.304 e. The molecule has 1 heterocycles. The second-order valence-electron chi connectivity index (χ2n) is 6.24. The van der Waals surface area contributed by atoms with E-state index in [0.29, 0.717) is 19.8 Å². The molecular formula is C16H23NO3. The van der Waals surface area contributed by atoms with Crippen LogP contribution in [0.15, 0.2) is 24.3 Å². The van der Waals surface area contributed by atoms with Crippen molar-refractivity contribution in [1.82, 2.24) is 4.90 Å². The highest BCUT2D eigenvalue weighted by Crippen LogP contribution is 2.34. The van der Waals surface area contributed by atoms with Crippen molar-refractivity contribution in [3.05, 3.63) is 35.4 Å². The number of hydrogen-bond donors (Lipinski definition) is 1. The molecule has 1 aliphatic heterocycles. The maximum Gasteiger partial charge on any atom is 0.304 e. The van der Waals surface area contributed by atoms with E-state index in [1.165, 1.54) is 11.1 Å². The molecule has 0 aliphatic carbocycles. The van der Waals surface area contributed by atoms with Crippen LogP contribution in [0.2, 0.25) is 0 Å². The van der Waals surface area contributed by atoms with E-state index in [2.05, 4.69) is 37.8 Å². The van der Waals surface area contributed by atoms with Crippen molar-refractivity contribution in [3.63, 3.8) is 0 Å². The van der Waals surface area contributed by atoms with Crippen LogP contribution in [0, 0.1) is 0 Å². The van der Waals surface area contributed by atoms with Crippen LogP contribution >= 0.6 is 0 Å². The number of ether oxygens (including phenoxy) is 1. The minimum absolute atomic E-state index is 0.103. The predicted molar refractivity (Wildman–Crippen MR) is 77.6 cm³/mol. The van der Waals surface area contributed by atoms with Crippen molar-refractivity contribution >= 4 is 5.97 Å². The van der Waals surface area contributed by atoms with E-state index in [1.807, 2.05) is 12.1 Å². The lowest BCUT2D eigenvalue weighted by Crippen LogP contribution is -2.47. The van der Waals surface area contributed by atoms with E-state index < -0.39 is 5.97 Å². The molecule has 1 N–H and O–H groups in total. The van der Waals surface area contributed by atoms with E-state index in [0.717, 1.165) is 0 Å². The molecule has 4 heteroatoms. The molecule has 2 rings (SSSR count). The summed E-state index contributed by atoms with van der Waals surface area (Å²) in [5.41, 5.74) is 2.36. The normalized spacial score (nSPS) is 18.9. The zero-order chi connectivity index (χ0) is 14.8. The second-order valence-corrected chi connectivity index (χ2v) is 6.24. The van der Waals surface area contributed by atoms with Crippen molar-refractivity contribution in [2.45, 2.75) is 45.4 Å². The third-order valence-corrected chi connectivity index (χ3v) is 3.75. The van der Waals surface area contributed by atoms with E-state index in [1.54, 1.807) is 0 Å². The zero-order valence-electron chi connectivity index (χ0n) is 12.4. The van der Waals surface area contributed by atoms with Gasteiger partial charge in [0.15, 0.2) is 0 Å². The summed E-state index contributed by atoms with van der Waals surface area (Å²) < 4.78 is 5.70. The fourth-order valence-corrected chi connectivity index (χ4v) is 2.79. The molecule has 0 spiro atoms. The monoisotopic (exact) mass is 277 g/mol. The highest BCUT2D eigenvalue weighted by atomic mass is 16.5. The van der Waals surface area contributed by atoms with Gasteiger partial charge < -0.3 is 9.84 Å². The molecule has 0 bridgehead atoms. The van der Waals surface area contributed by atoms with Gasteiger partial charge in [-0.15, -0.1) is 0 Å². The first-order valence-corrected chi connectivity index (χ1v) is 7.03. The van der Waals surface area contributed by atoms with Crippen LogP contribution in [0.5, 0.6) is 0 Å². The molecule has 110 valence electrons. The highest BCUT2D eigenvalue weighted by Gasteiger charge is 2.33. The largest absolute Gasteiger partial charge is 0.481 e. The summed E-state index contributed by atoms with van der Waals surface area (Å²) in [5, 5.41) is 8.96. The van der Waals surface area contributed by atoms with Gasteiger partial charge >= 0.3 is 5.97 Å². The number of carboxylic acids is 1. The standard InChI is InChI=1S/C16H23NO3/c1-16(2,3)17(9-8-15(18)19)14-11-20-10-12-6-4-5-7-13(12)14/h4-7,14H,8-11H2,1-3H3,(H,18,19). The Labute approximate surface area is 120 Å². The molecule has 1 aromatic carbocycles. The Kier molecular flexibility index (Phi) is 4.45. The van der Waals surface area contributed by atoms with Crippen LogP contribution in [0.25, 0.3) is 0 Å². The van der Waals surface area contributed by atoms with Crippen LogP contribution in [-0.2, 0) is 16.1 Å². The summed E-state index contributed by atoms with van der Waals surface area (Å²) in [6.45, 7) is 8.14. The number of carboxylic acid groups (broad SMARTS) is 1. The average molecular weight is 277 g/mol. The molecule has 1 aliphatic rings. The Morgan fingerprint density at radius 3 is 2.75 bits per heavy atom. The fourth-order valence-electron chi connectivity index (χ4n) is 2.79. The number of rotatable bonds is 4. The lowest BCUT2D eigenvalue weighted by atomic mass is 9.93. The topological polar surface area (TPSA) is 49.8 Å². The highest BCUT2D eigenvalue weighted by molar-refractivity contribution is 5.66. The maximum absolute atomic E-state index is 10.9. The lowest BCUT2D eigenvalue weighted by Gasteiger charge is -2.43. The number of hydrogen-bond acceptors (Lipinski definition) is 3. The number of aliphatic carboxylic acids is 1. The van der Waals surface area contributed by atoms with Crippen LogP contribution < -0.4 is 0 Å². The van der Waals surface area contributed by atoms with Crippen LogP contribution in [0.1, 0.15) is 44.4 Å². The lowest BCUT2D eigenvalue weighted by molar-refractivity contribution is -0.138. The molecule has 1 aromatic rings. The van der Waals surface area contributed by atoms with Gasteiger partial charge in [-0.3, -0.25) is 9.69 Å². The summed E-state index contributed by atoms with van der Waals surface area (Å²) in [6.07, 6.45) is 0.149. The molecule has 20 heavy (non-hydrogen) atoms. The van der Waals surface area contributed by atoms with Gasteiger partial charge in [-0.05, 0) is 31.9 Å². The minimum atomic E-state index is -0.760. The number of carbonyl (C=O) groups is 1. The van der Waals surface area contributed by atoms with Gasteiger partial charge in [-0.2, -0.15) is 0 Å². The Morgan fingerprint density at radius 2 is 2.10 bits per heavy atom. The zero-order valence-corrected chi connectivity index (χ0v) is 12.4. The van der Waals surface area contributed by atoms with Crippen molar-refractivity contribution in [2.24, 2.45) is 0 Å². The van der Waals surface area contributed by atoms with E-state index in [-0.39, 0.29) is 18.0 Å². The van der Waals surface area contributed by atoms with Crippen LogP contribution in [0.3, 0.4) is 0 Å². The van der Waals surface area contributed by atoms with Crippen molar-refractivity contribution < 1.29 is 14.6 Å². The van der Waals surface area contributed by atoms with Gasteiger partial charge in [0, 0.05) is 12.1 Å². The maximum atomic E-state index is 10.9. The summed E-state index contributed by atoms with van der Waals surface area (Å²) >= 11 is 0. The Hall–Kier alpha value is -1.39. The molecule has 0 saturated heterocycles. The first-order valence-electron chi connectivity index (χ1n) is 7.03. The van der Waals surface area contributed by atoms with Crippen molar-refractivity contribution in [3.8, 4) is 0 Å². The third kappa shape index (κ3) is 3.38. The molecule has 0 radical (unpaired) electrons. The Morgan fingerprint density at radius 1 is 1.40 bits per heavy atom. The summed E-state index contributed by atoms with van der Waals surface area (Å²) in [5.74, 6) is -0.760. The molecule has 4 nitrogen and oxygen atoms in total. The Bertz CT molecular complexity index is 479. The molecule has 0 fully saturated rings. The van der Waals surface area contributed by atoms with Crippen molar-refractivity contribution in [1.29, 1.82) is 0 Å². The van der Waals surface area contributed by atoms with Gasteiger partial charge in [0.1, 0.15) is 0 Å². The van der Waals surface area contributed by atoms with Crippen LogP contribution in [-0.4, -0.2) is 34.7 Å². The summed E-state index contributed by atoms with van der Waals surface area (Å²) in [4.78, 5) is 13.1. The quantitative estimate of drug-likeness (QED) is 0.919. The first-order chi connectivity index (χ1) is 9.39. The molecule has 0 aromatic heterocycles. The third-order valence-electron chi connectivity index (χ3n) is 3.75. The van der Waals surface area contributed by atoms with Gasteiger partial charge in [0.05, 0.1) is 25.7 Å². The van der Waals surface area contributed by atoms with E-state index >= 15 is 0 Å². The van der Waals surface area contributed by atoms with Crippen molar-refractivity contribution in [2.75, 3.05) is 13.2 Å². The molecule has 0 saturated carbocycles. The van der Waals surface area contributed by atoms with Gasteiger partial charge in [0.2, 0.25) is 0 Å². The van der Waals surface area contributed by atoms with E-state index in [4.69, 9.17) is 9.84 Å². The predicted octanol–water partition coefficient (Wildman–Crippen LogP) is 2.83. The first kappa shape index (κ1) is 15.0. The second kappa shape index (κ2) is 5.94. The average Bonchev–Trinajstić information content (AvgIpc) is 2.37. The molecule has 1 atom stereocenters. The SMILES string of the molecule is CC(C)(C)N(CCC(=O)O)C1COCc2ccccc21. The van der Waals surface area contributed by atoms with Gasteiger partial charge in [0.25, 0.3) is 0 Å². The fraction of sp³-hybridized carbons (Fsp3) is 0.562. The summed E-state index contributed by atoms with van der Waals surface area (Å²) in [7, 11) is 0. The molecule has 1 unspecified atom stereocenters. The van der Waals surface area contributed by atoms with E-state index in [9.17, 15) is 4.79 Å². The number of nitrogens with zero attached hydrogens (tertiary/aromatic N) is 1. The number of benzene rings is 1.